The number of carbonyl (C=O) groups is 1. The van der Waals surface area contributed by atoms with Crippen molar-refractivity contribution in [3.05, 3.63) is 58.3 Å². The fourth-order valence-electron chi connectivity index (χ4n) is 3.50. The first-order valence-electron chi connectivity index (χ1n) is 9.81. The van der Waals surface area contributed by atoms with E-state index in [1.165, 1.54) is 16.2 Å². The van der Waals surface area contributed by atoms with Crippen molar-refractivity contribution in [3.63, 3.8) is 0 Å². The number of hydrogen-bond acceptors (Lipinski definition) is 6. The number of amides is 1. The van der Waals surface area contributed by atoms with Crippen LogP contribution in [-0.4, -0.2) is 67.5 Å². The number of nitrogens with zero attached hydrogens (tertiary/aromatic N) is 5. The molecule has 2 aromatic heterocycles. The van der Waals surface area contributed by atoms with E-state index in [4.69, 9.17) is 0 Å². The zero-order chi connectivity index (χ0) is 20.4. The van der Waals surface area contributed by atoms with Crippen LogP contribution < -0.4 is 11.0 Å². The monoisotopic (exact) mass is 395 g/mol. The van der Waals surface area contributed by atoms with E-state index in [1.54, 1.807) is 4.90 Å². The van der Waals surface area contributed by atoms with E-state index >= 15 is 0 Å². The molecule has 9 nitrogen and oxygen atoms in total. The van der Waals surface area contributed by atoms with Gasteiger partial charge >= 0.3 is 5.69 Å². The maximum absolute atomic E-state index is 13.1. The van der Waals surface area contributed by atoms with Crippen molar-refractivity contribution in [2.45, 2.75) is 26.4 Å². The van der Waals surface area contributed by atoms with Crippen LogP contribution in [0.4, 0.5) is 5.82 Å². The number of anilines is 1. The summed E-state index contributed by atoms with van der Waals surface area (Å²) >= 11 is 0. The number of rotatable bonds is 5. The first-order chi connectivity index (χ1) is 14.0. The second-order valence-corrected chi connectivity index (χ2v) is 7.55. The summed E-state index contributed by atoms with van der Waals surface area (Å²) in [6, 6.07) is 10.4. The van der Waals surface area contributed by atoms with Gasteiger partial charge in [-0.3, -0.25) is 9.69 Å². The van der Waals surface area contributed by atoms with Crippen molar-refractivity contribution in [1.82, 2.24) is 29.4 Å². The van der Waals surface area contributed by atoms with Crippen LogP contribution in [0.25, 0.3) is 5.65 Å². The predicted molar refractivity (Wildman–Crippen MR) is 110 cm³/mol. The van der Waals surface area contributed by atoms with Crippen LogP contribution >= 0.6 is 0 Å². The molecule has 0 radical (unpaired) electrons. The van der Waals surface area contributed by atoms with Gasteiger partial charge in [-0.2, -0.15) is 0 Å². The van der Waals surface area contributed by atoms with Gasteiger partial charge in [-0.15, -0.1) is 5.10 Å². The van der Waals surface area contributed by atoms with Gasteiger partial charge in [-0.25, -0.2) is 19.3 Å². The van der Waals surface area contributed by atoms with Crippen molar-refractivity contribution in [1.29, 1.82) is 0 Å². The third kappa shape index (κ3) is 4.14. The average molecular weight is 395 g/mol. The van der Waals surface area contributed by atoms with Gasteiger partial charge in [-0.05, 0) is 19.4 Å². The van der Waals surface area contributed by atoms with Gasteiger partial charge in [0.1, 0.15) is 5.69 Å². The van der Waals surface area contributed by atoms with Gasteiger partial charge in [0.2, 0.25) is 5.65 Å². The summed E-state index contributed by atoms with van der Waals surface area (Å²) in [5, 5.41) is 9.57. The van der Waals surface area contributed by atoms with Gasteiger partial charge in [0, 0.05) is 45.0 Å². The van der Waals surface area contributed by atoms with E-state index in [-0.39, 0.29) is 17.6 Å². The topological polar surface area (TPSA) is 98.6 Å². The lowest BCUT2D eigenvalue weighted by Gasteiger charge is -2.34. The Balaban J connectivity index is 1.49. The lowest BCUT2D eigenvalue weighted by Crippen LogP contribution is -2.48. The standard InChI is InChI=1S/C20H25N7O2/c1-14(2)21-17-18-23-24-20(29)27(18)13-16(22-17)19(28)26-10-8-25(9-11-26)12-15-6-4-3-5-7-15/h3-7,13-14H,8-12H2,1-2H3,(H,21,22)(H,24,29). The Morgan fingerprint density at radius 1 is 1.17 bits per heavy atom. The molecular weight excluding hydrogens is 370 g/mol. The number of benzene rings is 1. The SMILES string of the molecule is CC(C)Nc1nc(C(=O)N2CCN(Cc3ccccc3)CC2)cn2c(=O)[nH]nc12. The van der Waals surface area contributed by atoms with Crippen molar-refractivity contribution in [3.8, 4) is 0 Å². The third-order valence-electron chi connectivity index (χ3n) is 4.95. The fraction of sp³-hybridized carbons (Fsp3) is 0.400. The molecule has 29 heavy (non-hydrogen) atoms. The molecule has 1 aliphatic heterocycles. The number of hydrogen-bond donors (Lipinski definition) is 2. The molecule has 0 bridgehead atoms. The fourth-order valence-corrected chi connectivity index (χ4v) is 3.50. The zero-order valence-corrected chi connectivity index (χ0v) is 16.6. The lowest BCUT2D eigenvalue weighted by molar-refractivity contribution is 0.0622. The molecule has 1 aliphatic rings. The predicted octanol–water partition coefficient (Wildman–Crippen LogP) is 1.20. The summed E-state index contributed by atoms with van der Waals surface area (Å²) in [5.74, 6) is 0.248. The summed E-state index contributed by atoms with van der Waals surface area (Å²) < 4.78 is 1.33. The number of nitrogens with one attached hydrogen (secondary N) is 2. The molecular formula is C20H25N7O2. The van der Waals surface area contributed by atoms with Gasteiger partial charge in [0.05, 0.1) is 0 Å². The van der Waals surface area contributed by atoms with Crippen molar-refractivity contribution >= 4 is 17.4 Å². The summed E-state index contributed by atoms with van der Waals surface area (Å²) in [7, 11) is 0. The van der Waals surface area contributed by atoms with E-state index in [9.17, 15) is 9.59 Å². The number of piperazine rings is 1. The number of carbonyl (C=O) groups excluding carboxylic acids is 1. The van der Waals surface area contributed by atoms with E-state index in [0.29, 0.717) is 24.6 Å². The van der Waals surface area contributed by atoms with Gasteiger partial charge in [0.15, 0.2) is 5.82 Å². The summed E-state index contributed by atoms with van der Waals surface area (Å²) in [6.45, 7) is 7.64. The Kier molecular flexibility index (Phi) is 5.30. The summed E-state index contributed by atoms with van der Waals surface area (Å²) in [6.07, 6.45) is 1.46. The molecule has 1 aromatic carbocycles. The number of aromatic nitrogens is 4. The maximum Gasteiger partial charge on any atom is 0.347 e. The Labute approximate surface area is 168 Å². The molecule has 0 unspecified atom stereocenters. The van der Waals surface area contributed by atoms with Crippen LogP contribution in [0.5, 0.6) is 0 Å². The Morgan fingerprint density at radius 2 is 1.90 bits per heavy atom. The molecule has 4 rings (SSSR count). The number of H-pyrrole nitrogens is 1. The Bertz CT molecular complexity index is 1050. The number of aromatic amines is 1. The molecule has 152 valence electrons. The minimum atomic E-state index is -0.393. The van der Waals surface area contributed by atoms with Crippen LogP contribution in [0.2, 0.25) is 0 Å². The van der Waals surface area contributed by atoms with Crippen LogP contribution in [0.3, 0.4) is 0 Å². The minimum Gasteiger partial charge on any atom is -0.365 e. The average Bonchev–Trinajstić information content (AvgIpc) is 3.10. The van der Waals surface area contributed by atoms with Crippen LogP contribution in [-0.2, 0) is 6.54 Å². The largest absolute Gasteiger partial charge is 0.365 e. The lowest BCUT2D eigenvalue weighted by atomic mass is 10.2. The van der Waals surface area contributed by atoms with Crippen molar-refractivity contribution < 1.29 is 4.79 Å². The first kappa shape index (κ1) is 19.1. The highest BCUT2D eigenvalue weighted by molar-refractivity contribution is 5.93. The second kappa shape index (κ2) is 8.04. The van der Waals surface area contributed by atoms with E-state index < -0.39 is 5.69 Å². The molecule has 1 saturated heterocycles. The normalized spacial score (nSPS) is 15.2. The molecule has 2 N–H and O–H groups in total. The van der Waals surface area contributed by atoms with Gasteiger partial charge in [-0.1, -0.05) is 30.3 Å². The van der Waals surface area contributed by atoms with Crippen LogP contribution in [0, 0.1) is 0 Å². The van der Waals surface area contributed by atoms with E-state index in [2.05, 4.69) is 37.5 Å². The van der Waals surface area contributed by atoms with Crippen molar-refractivity contribution in [2.75, 3.05) is 31.5 Å². The molecule has 9 heteroatoms. The molecule has 0 atom stereocenters. The summed E-state index contributed by atoms with van der Waals surface area (Å²) in [4.78, 5) is 33.7. The highest BCUT2D eigenvalue weighted by atomic mass is 16.2. The highest BCUT2D eigenvalue weighted by Crippen LogP contribution is 2.15. The molecule has 0 spiro atoms. The zero-order valence-electron chi connectivity index (χ0n) is 16.6. The van der Waals surface area contributed by atoms with E-state index in [0.717, 1.165) is 19.6 Å². The Morgan fingerprint density at radius 3 is 2.59 bits per heavy atom. The Hall–Kier alpha value is -3.20. The second-order valence-electron chi connectivity index (χ2n) is 7.55. The molecule has 1 amide bonds. The first-order valence-corrected chi connectivity index (χ1v) is 9.81. The van der Waals surface area contributed by atoms with Crippen LogP contribution in [0.1, 0.15) is 29.9 Å². The minimum absolute atomic E-state index is 0.0879. The quantitative estimate of drug-likeness (QED) is 0.674. The summed E-state index contributed by atoms with van der Waals surface area (Å²) in [5.41, 5.74) is 1.49. The molecule has 1 fully saturated rings. The van der Waals surface area contributed by atoms with Gasteiger partial charge in [0.25, 0.3) is 5.91 Å². The van der Waals surface area contributed by atoms with Gasteiger partial charge < -0.3 is 10.2 Å². The molecule has 3 aromatic rings. The van der Waals surface area contributed by atoms with E-state index in [1.807, 2.05) is 32.0 Å². The van der Waals surface area contributed by atoms with Crippen molar-refractivity contribution in [2.24, 2.45) is 0 Å². The van der Waals surface area contributed by atoms with Crippen LogP contribution in [0.15, 0.2) is 41.3 Å². The molecule has 3 heterocycles. The highest BCUT2D eigenvalue weighted by Gasteiger charge is 2.25. The third-order valence-corrected chi connectivity index (χ3v) is 4.95. The molecule has 0 saturated carbocycles. The molecule has 0 aliphatic carbocycles. The maximum atomic E-state index is 13.1. The number of fused-ring (bicyclic) bond motifs is 1. The smallest absolute Gasteiger partial charge is 0.347 e.